The van der Waals surface area contributed by atoms with Gasteiger partial charge in [0.1, 0.15) is 6.04 Å². The van der Waals surface area contributed by atoms with Crippen LogP contribution in [0.5, 0.6) is 0 Å². The van der Waals surface area contributed by atoms with Gasteiger partial charge in [-0.2, -0.15) is 4.79 Å². The maximum Gasteiger partial charge on any atom is 0.328 e. The van der Waals surface area contributed by atoms with Gasteiger partial charge in [0, 0.05) is 19.7 Å². The van der Waals surface area contributed by atoms with E-state index in [9.17, 15) is 14.4 Å². The van der Waals surface area contributed by atoms with Crippen molar-refractivity contribution in [2.45, 2.75) is 44.9 Å². The summed E-state index contributed by atoms with van der Waals surface area (Å²) in [6.07, 6.45) is 0.989. The van der Waals surface area contributed by atoms with Crippen LogP contribution >= 0.6 is 0 Å². The lowest BCUT2D eigenvalue weighted by atomic mass is 10.1. The van der Waals surface area contributed by atoms with Crippen molar-refractivity contribution >= 4 is 23.9 Å². The van der Waals surface area contributed by atoms with Crippen molar-refractivity contribution in [2.75, 3.05) is 7.11 Å². The van der Waals surface area contributed by atoms with Crippen molar-refractivity contribution in [1.29, 1.82) is 0 Å². The van der Waals surface area contributed by atoms with Gasteiger partial charge < -0.3 is 25.3 Å². The Labute approximate surface area is 145 Å². The quantitative estimate of drug-likeness (QED) is 0.278. The Morgan fingerprint density at radius 3 is 2.64 bits per heavy atom. The smallest absolute Gasteiger partial charge is 0.328 e. The minimum atomic E-state index is -1.03. The molecule has 2 N–H and O–H groups in total. The van der Waals surface area contributed by atoms with Crippen LogP contribution in [0.2, 0.25) is 0 Å². The van der Waals surface area contributed by atoms with E-state index in [1.165, 1.54) is 7.11 Å². The molecule has 0 aliphatic heterocycles. The molecule has 0 spiro atoms. The highest BCUT2D eigenvalue weighted by molar-refractivity contribution is 6.25. The van der Waals surface area contributed by atoms with E-state index in [0.717, 1.165) is 6.21 Å². The minimum absolute atomic E-state index is 0.00328. The molecular formula is C16H22N4O5. The lowest BCUT2D eigenvalue weighted by molar-refractivity contribution is -0.153. The first-order valence-corrected chi connectivity index (χ1v) is 7.76. The summed E-state index contributed by atoms with van der Waals surface area (Å²) in [7, 11) is 1.37. The molecule has 1 aromatic heterocycles. The molecule has 1 heterocycles. The van der Waals surface area contributed by atoms with Gasteiger partial charge >= 0.3 is 12.2 Å². The van der Waals surface area contributed by atoms with Crippen molar-refractivity contribution in [3.05, 3.63) is 29.6 Å². The molecular weight excluding hydrogens is 328 g/mol. The van der Waals surface area contributed by atoms with Gasteiger partial charge in [0.25, 0.3) is 5.91 Å². The van der Waals surface area contributed by atoms with E-state index in [2.05, 4.69) is 15.1 Å². The average molecular weight is 350 g/mol. The fraction of sp³-hybridized carbons (Fsp3) is 0.500. The molecule has 0 aromatic carbocycles. The highest BCUT2D eigenvalue weighted by atomic mass is 16.5. The minimum Gasteiger partial charge on any atom is -0.461 e. The van der Waals surface area contributed by atoms with Crippen LogP contribution in [0.15, 0.2) is 18.3 Å². The third kappa shape index (κ3) is 6.70. The van der Waals surface area contributed by atoms with Gasteiger partial charge in [-0.15, -0.1) is 0 Å². The number of aromatic amines is 1. The van der Waals surface area contributed by atoms with Crippen LogP contribution in [0.4, 0.5) is 0 Å². The average Bonchev–Trinajstić information content (AvgIpc) is 3.05. The number of esters is 1. The molecule has 0 radical (unpaired) electrons. The van der Waals surface area contributed by atoms with Crippen molar-refractivity contribution in [1.82, 2.24) is 10.3 Å². The summed E-state index contributed by atoms with van der Waals surface area (Å²) >= 11 is 0. The van der Waals surface area contributed by atoms with Crippen molar-refractivity contribution in [3.8, 4) is 0 Å². The second-order valence-electron chi connectivity index (χ2n) is 5.54. The van der Waals surface area contributed by atoms with Crippen LogP contribution < -0.4 is 5.32 Å². The van der Waals surface area contributed by atoms with Crippen molar-refractivity contribution in [3.63, 3.8) is 0 Å². The van der Waals surface area contributed by atoms with E-state index < -0.39 is 29.8 Å². The largest absolute Gasteiger partial charge is 0.461 e. The number of ether oxygens (including phenoxy) is 2. The van der Waals surface area contributed by atoms with Crippen LogP contribution in [0.1, 0.15) is 38.5 Å². The third-order valence-electron chi connectivity index (χ3n) is 3.21. The van der Waals surface area contributed by atoms with Gasteiger partial charge in [-0.1, -0.05) is 0 Å². The number of hydrogen-bond donors (Lipinski definition) is 2. The maximum absolute atomic E-state index is 12.4. The standard InChI is InChI=1S/C16H22N4O5/c1-10(2)25-16(23)13(7-6-11(21)9-19-17)20-15(22)14(24-3)12-5-4-8-18-12/h4-5,8-10,13-14,18H,6-7H2,1-3H3,(H,20,22)/t13-,14+/m0/s1. The predicted molar refractivity (Wildman–Crippen MR) is 87.6 cm³/mol. The number of carbonyl (C=O) groups excluding carboxylic acids is 3. The van der Waals surface area contributed by atoms with Crippen molar-refractivity contribution in [2.24, 2.45) is 0 Å². The molecule has 0 unspecified atom stereocenters. The molecule has 9 heteroatoms. The number of carbonyl (C=O) groups is 3. The second-order valence-corrected chi connectivity index (χ2v) is 5.54. The molecule has 1 aromatic rings. The number of H-pyrrole nitrogens is 1. The van der Waals surface area contributed by atoms with Gasteiger partial charge in [0.15, 0.2) is 6.10 Å². The Morgan fingerprint density at radius 1 is 1.40 bits per heavy atom. The van der Waals surface area contributed by atoms with Gasteiger partial charge in [-0.25, -0.2) is 4.79 Å². The first-order chi connectivity index (χ1) is 11.9. The zero-order valence-electron chi connectivity index (χ0n) is 14.4. The number of nitrogens with one attached hydrogen (secondary N) is 2. The van der Waals surface area contributed by atoms with Gasteiger partial charge in [-0.05, 0) is 32.4 Å². The predicted octanol–water partition coefficient (Wildman–Crippen LogP) is 0.788. The lowest BCUT2D eigenvalue weighted by Crippen LogP contribution is -2.45. The third-order valence-corrected chi connectivity index (χ3v) is 3.21. The molecule has 0 aliphatic rings. The fourth-order valence-electron chi connectivity index (χ4n) is 2.11. The first-order valence-electron chi connectivity index (χ1n) is 7.76. The van der Waals surface area contributed by atoms with Gasteiger partial charge in [0.05, 0.1) is 11.8 Å². The monoisotopic (exact) mass is 350 g/mol. The Kier molecular flexibility index (Phi) is 8.25. The van der Waals surface area contributed by atoms with Crippen molar-refractivity contribution < 1.29 is 28.6 Å². The van der Waals surface area contributed by atoms with E-state index in [1.54, 1.807) is 32.2 Å². The van der Waals surface area contributed by atoms with Crippen LogP contribution in [-0.4, -0.2) is 52.9 Å². The number of amides is 1. The molecule has 0 saturated heterocycles. The molecule has 0 saturated carbocycles. The Morgan fingerprint density at radius 2 is 2.12 bits per heavy atom. The summed E-state index contributed by atoms with van der Waals surface area (Å²) in [5.74, 6) is -1.68. The van der Waals surface area contributed by atoms with Gasteiger partial charge in [0.2, 0.25) is 5.78 Å². The number of nitrogens with zero attached hydrogens (tertiary/aromatic N) is 2. The summed E-state index contributed by atoms with van der Waals surface area (Å²) in [6.45, 7) is 3.36. The van der Waals surface area contributed by atoms with E-state index >= 15 is 0 Å². The molecule has 25 heavy (non-hydrogen) atoms. The van der Waals surface area contributed by atoms with Gasteiger partial charge in [-0.3, -0.25) is 9.59 Å². The summed E-state index contributed by atoms with van der Waals surface area (Å²) < 4.78 is 10.3. The van der Waals surface area contributed by atoms with Crippen LogP contribution in [0.25, 0.3) is 5.53 Å². The highest BCUT2D eigenvalue weighted by Crippen LogP contribution is 2.15. The summed E-state index contributed by atoms with van der Waals surface area (Å²) in [4.78, 5) is 41.6. The summed E-state index contributed by atoms with van der Waals surface area (Å²) in [5.41, 5.74) is 8.88. The lowest BCUT2D eigenvalue weighted by Gasteiger charge is -2.21. The Bertz CT molecular complexity index is 635. The zero-order chi connectivity index (χ0) is 18.8. The van der Waals surface area contributed by atoms with Crippen LogP contribution in [0, 0.1) is 0 Å². The molecule has 0 bridgehead atoms. The normalized spacial score (nSPS) is 12.8. The number of Topliss-reactive ketones (excluding diaryl/α,β-unsaturated/α-hetero) is 1. The van der Waals surface area contributed by atoms with Crippen LogP contribution in [-0.2, 0) is 23.9 Å². The molecule has 136 valence electrons. The number of ketones is 1. The molecule has 1 amide bonds. The maximum atomic E-state index is 12.4. The number of methoxy groups -OCH3 is 1. The number of aromatic nitrogens is 1. The summed E-state index contributed by atoms with van der Waals surface area (Å²) in [5, 5.41) is 2.54. The SMILES string of the molecule is CO[C@@H](C(=O)N[C@@H](CCC(=O)C=[N+]=[N-])C(=O)OC(C)C)c1ccc[nH]1. The molecule has 2 atom stereocenters. The van der Waals surface area contributed by atoms with Crippen LogP contribution in [0.3, 0.4) is 0 Å². The molecule has 0 fully saturated rings. The van der Waals surface area contributed by atoms with E-state index in [-0.39, 0.29) is 18.9 Å². The highest BCUT2D eigenvalue weighted by Gasteiger charge is 2.29. The zero-order valence-corrected chi connectivity index (χ0v) is 14.4. The van der Waals surface area contributed by atoms with E-state index in [4.69, 9.17) is 15.0 Å². The molecule has 0 aliphatic carbocycles. The molecule has 9 nitrogen and oxygen atoms in total. The topological polar surface area (TPSA) is 134 Å². The fourth-order valence-corrected chi connectivity index (χ4v) is 2.11. The Balaban J connectivity index is 2.83. The Hall–Kier alpha value is -2.77. The molecule has 1 rings (SSSR count). The van der Waals surface area contributed by atoms with E-state index in [1.807, 2.05) is 0 Å². The first kappa shape index (κ1) is 20.3. The summed E-state index contributed by atoms with van der Waals surface area (Å²) in [6, 6.07) is 2.36. The second kappa shape index (κ2) is 10.2. The number of rotatable bonds is 10. The van der Waals surface area contributed by atoms with E-state index in [0.29, 0.717) is 5.69 Å². The number of hydrogen-bond acceptors (Lipinski definition) is 5.